The Hall–Kier alpha value is -3.48. The summed E-state index contributed by atoms with van der Waals surface area (Å²) in [6, 6.07) is 23.8. The molecular formula is C30H31ClN4O2. The second-order valence-electron chi connectivity index (χ2n) is 9.78. The first-order chi connectivity index (χ1) is 18.0. The van der Waals surface area contributed by atoms with Crippen LogP contribution in [-0.2, 0) is 11.3 Å². The van der Waals surface area contributed by atoms with Crippen LogP contribution in [0.25, 0.3) is 11.4 Å². The molecule has 1 fully saturated rings. The number of halogens is 1. The molecule has 1 N–H and O–H groups in total. The zero-order valence-electron chi connectivity index (χ0n) is 21.2. The van der Waals surface area contributed by atoms with Crippen LogP contribution >= 0.6 is 11.6 Å². The number of hydrogen-bond acceptors (Lipinski definition) is 5. The molecule has 2 atom stereocenters. The lowest BCUT2D eigenvalue weighted by Gasteiger charge is -2.32. The Morgan fingerprint density at radius 2 is 1.89 bits per heavy atom. The molecule has 1 aromatic heterocycles. The van der Waals surface area contributed by atoms with E-state index >= 15 is 0 Å². The molecule has 1 saturated heterocycles. The van der Waals surface area contributed by atoms with Crippen molar-refractivity contribution in [2.24, 2.45) is 5.92 Å². The summed E-state index contributed by atoms with van der Waals surface area (Å²) in [5.74, 6) is 0.956. The molecule has 7 heteroatoms. The van der Waals surface area contributed by atoms with E-state index in [4.69, 9.17) is 16.1 Å². The number of hydrogen-bond donors (Lipinski definition) is 1. The second-order valence-corrected chi connectivity index (χ2v) is 10.2. The van der Waals surface area contributed by atoms with Crippen molar-refractivity contribution < 1.29 is 9.32 Å². The van der Waals surface area contributed by atoms with Crippen molar-refractivity contribution in [2.45, 2.75) is 39.3 Å². The van der Waals surface area contributed by atoms with Gasteiger partial charge in [0.1, 0.15) is 0 Å². The number of piperidine rings is 1. The first-order valence-electron chi connectivity index (χ1n) is 12.7. The molecule has 0 saturated carbocycles. The van der Waals surface area contributed by atoms with Gasteiger partial charge in [0, 0.05) is 12.1 Å². The van der Waals surface area contributed by atoms with Gasteiger partial charge in [0.15, 0.2) is 0 Å². The standard InChI is InChI=1S/C30H31ClN4O2/c1-20-14-15-24(21(2)17-20)28(22-9-4-3-5-10-22)33-30(36)23-11-8-16-35(18-23)19-27-32-29(34-37-27)25-12-6-7-13-26(25)31/h3-7,9-10,12-15,17,23,28H,8,11,16,18-19H2,1-2H3,(H,33,36). The number of benzene rings is 3. The molecule has 0 aliphatic carbocycles. The van der Waals surface area contributed by atoms with Crippen LogP contribution in [0.15, 0.2) is 77.3 Å². The highest BCUT2D eigenvalue weighted by Gasteiger charge is 2.29. The number of carbonyl (C=O) groups is 1. The van der Waals surface area contributed by atoms with E-state index in [2.05, 4.69) is 64.5 Å². The molecule has 190 valence electrons. The Bertz CT molecular complexity index is 1370. The summed E-state index contributed by atoms with van der Waals surface area (Å²) in [4.78, 5) is 20.3. The van der Waals surface area contributed by atoms with Gasteiger partial charge in [-0.2, -0.15) is 4.98 Å². The fourth-order valence-electron chi connectivity index (χ4n) is 5.07. The largest absolute Gasteiger partial charge is 0.345 e. The van der Waals surface area contributed by atoms with Gasteiger partial charge in [-0.15, -0.1) is 0 Å². The third kappa shape index (κ3) is 5.92. The molecule has 37 heavy (non-hydrogen) atoms. The average Bonchev–Trinajstić information content (AvgIpc) is 3.36. The molecule has 0 bridgehead atoms. The van der Waals surface area contributed by atoms with Gasteiger partial charge in [0.25, 0.3) is 0 Å². The zero-order valence-corrected chi connectivity index (χ0v) is 21.9. The van der Waals surface area contributed by atoms with Crippen LogP contribution in [0, 0.1) is 19.8 Å². The number of aromatic nitrogens is 2. The Kier molecular flexibility index (Phi) is 7.68. The highest BCUT2D eigenvalue weighted by Crippen LogP contribution is 2.28. The Morgan fingerprint density at radius 3 is 2.68 bits per heavy atom. The first-order valence-corrected chi connectivity index (χ1v) is 13.1. The Morgan fingerprint density at radius 1 is 1.11 bits per heavy atom. The maximum Gasteiger partial charge on any atom is 0.241 e. The number of rotatable bonds is 7. The predicted octanol–water partition coefficient (Wildman–Crippen LogP) is 6.12. The zero-order chi connectivity index (χ0) is 25.8. The smallest absolute Gasteiger partial charge is 0.241 e. The van der Waals surface area contributed by atoms with Crippen molar-refractivity contribution in [2.75, 3.05) is 13.1 Å². The molecule has 0 radical (unpaired) electrons. The quantitative estimate of drug-likeness (QED) is 0.321. The number of carbonyl (C=O) groups excluding carboxylic acids is 1. The third-order valence-corrected chi connectivity index (χ3v) is 7.30. The molecule has 0 spiro atoms. The van der Waals surface area contributed by atoms with Crippen LogP contribution in [0.5, 0.6) is 0 Å². The van der Waals surface area contributed by atoms with Gasteiger partial charge in [-0.25, -0.2) is 0 Å². The minimum atomic E-state index is -0.196. The second kappa shape index (κ2) is 11.3. The van der Waals surface area contributed by atoms with Gasteiger partial charge in [0.2, 0.25) is 17.6 Å². The van der Waals surface area contributed by atoms with Crippen LogP contribution in [0.4, 0.5) is 0 Å². The Balaban J connectivity index is 1.28. The maximum absolute atomic E-state index is 13.6. The fourth-order valence-corrected chi connectivity index (χ4v) is 5.29. The highest BCUT2D eigenvalue weighted by atomic mass is 35.5. The van der Waals surface area contributed by atoms with Gasteiger partial charge in [-0.05, 0) is 62.1 Å². The van der Waals surface area contributed by atoms with Gasteiger partial charge < -0.3 is 9.84 Å². The minimum absolute atomic E-state index is 0.0702. The van der Waals surface area contributed by atoms with E-state index in [0.717, 1.165) is 36.1 Å². The summed E-state index contributed by atoms with van der Waals surface area (Å²) in [5, 5.41) is 8.06. The van der Waals surface area contributed by atoms with E-state index in [0.29, 0.717) is 29.8 Å². The molecule has 4 aromatic rings. The monoisotopic (exact) mass is 514 g/mol. The summed E-state index contributed by atoms with van der Waals surface area (Å²) >= 11 is 6.28. The molecule has 2 unspecified atom stereocenters. The van der Waals surface area contributed by atoms with Gasteiger partial charge >= 0.3 is 0 Å². The van der Waals surface area contributed by atoms with E-state index in [1.807, 2.05) is 42.5 Å². The Labute approximate surface area is 222 Å². The number of nitrogens with zero attached hydrogens (tertiary/aromatic N) is 3. The summed E-state index contributed by atoms with van der Waals surface area (Å²) in [6.07, 6.45) is 1.79. The normalized spacial score (nSPS) is 16.9. The molecule has 1 aliphatic rings. The molecule has 6 nitrogen and oxygen atoms in total. The molecule has 5 rings (SSSR count). The van der Waals surface area contributed by atoms with Crippen LogP contribution in [-0.4, -0.2) is 34.0 Å². The van der Waals surface area contributed by atoms with E-state index in [9.17, 15) is 4.79 Å². The van der Waals surface area contributed by atoms with Gasteiger partial charge in [0.05, 0.1) is 23.5 Å². The predicted molar refractivity (Wildman–Crippen MR) is 145 cm³/mol. The van der Waals surface area contributed by atoms with E-state index in [-0.39, 0.29) is 17.9 Å². The maximum atomic E-state index is 13.6. The topological polar surface area (TPSA) is 71.3 Å². The number of nitrogens with one attached hydrogen (secondary N) is 1. The number of aryl methyl sites for hydroxylation is 2. The summed E-state index contributed by atoms with van der Waals surface area (Å²) in [5.41, 5.74) is 5.32. The molecular weight excluding hydrogens is 484 g/mol. The lowest BCUT2D eigenvalue weighted by Crippen LogP contribution is -2.44. The van der Waals surface area contributed by atoms with Crippen LogP contribution in [0.3, 0.4) is 0 Å². The van der Waals surface area contributed by atoms with Crippen LogP contribution < -0.4 is 5.32 Å². The van der Waals surface area contributed by atoms with Gasteiger partial charge in [-0.3, -0.25) is 9.69 Å². The van der Waals surface area contributed by atoms with E-state index < -0.39 is 0 Å². The first kappa shape index (κ1) is 25.2. The lowest BCUT2D eigenvalue weighted by atomic mass is 9.92. The summed E-state index contributed by atoms with van der Waals surface area (Å²) in [6.45, 7) is 6.22. The summed E-state index contributed by atoms with van der Waals surface area (Å²) in [7, 11) is 0. The third-order valence-electron chi connectivity index (χ3n) is 6.97. The molecule has 2 heterocycles. The van der Waals surface area contributed by atoms with E-state index in [1.54, 1.807) is 0 Å². The van der Waals surface area contributed by atoms with Crippen molar-refractivity contribution in [3.63, 3.8) is 0 Å². The molecule has 3 aromatic carbocycles. The highest BCUT2D eigenvalue weighted by molar-refractivity contribution is 6.33. The van der Waals surface area contributed by atoms with Gasteiger partial charge in [-0.1, -0.05) is 83.0 Å². The molecule has 1 amide bonds. The van der Waals surface area contributed by atoms with Crippen molar-refractivity contribution in [1.29, 1.82) is 0 Å². The number of likely N-dealkylation sites (tertiary alicyclic amines) is 1. The van der Waals surface area contributed by atoms with Crippen molar-refractivity contribution in [3.8, 4) is 11.4 Å². The van der Waals surface area contributed by atoms with Crippen molar-refractivity contribution in [3.05, 3.63) is 106 Å². The van der Waals surface area contributed by atoms with E-state index in [1.165, 1.54) is 11.1 Å². The van der Waals surface area contributed by atoms with Crippen LogP contribution in [0.2, 0.25) is 5.02 Å². The fraction of sp³-hybridized carbons (Fsp3) is 0.300. The minimum Gasteiger partial charge on any atom is -0.345 e. The molecule has 1 aliphatic heterocycles. The van der Waals surface area contributed by atoms with Crippen LogP contribution in [0.1, 0.15) is 47.0 Å². The SMILES string of the molecule is Cc1ccc(C(NC(=O)C2CCCN(Cc3nc(-c4ccccc4Cl)no3)C2)c2ccccc2)c(C)c1. The number of amides is 1. The van der Waals surface area contributed by atoms with Crippen molar-refractivity contribution >= 4 is 17.5 Å². The average molecular weight is 515 g/mol. The van der Waals surface area contributed by atoms with Crippen molar-refractivity contribution in [1.82, 2.24) is 20.4 Å². The summed E-state index contributed by atoms with van der Waals surface area (Å²) < 4.78 is 5.51. The lowest BCUT2D eigenvalue weighted by molar-refractivity contribution is -0.127.